The SMILES string of the molecule is COc1cc(CNCc2ccc(-c3ccc(Br)cc3)s2)ccc1OC(C)C. The van der Waals surface area contributed by atoms with E-state index >= 15 is 0 Å². The Bertz CT molecular complexity index is 874. The first-order valence-corrected chi connectivity index (χ1v) is 10.5. The summed E-state index contributed by atoms with van der Waals surface area (Å²) in [7, 11) is 1.68. The molecular weight excluding hydrogens is 422 g/mol. The van der Waals surface area contributed by atoms with Gasteiger partial charge in [-0.25, -0.2) is 0 Å². The quantitative estimate of drug-likeness (QED) is 0.443. The molecule has 0 spiro atoms. The van der Waals surface area contributed by atoms with Crippen molar-refractivity contribution < 1.29 is 9.47 Å². The van der Waals surface area contributed by atoms with Crippen LogP contribution in [0.5, 0.6) is 11.5 Å². The van der Waals surface area contributed by atoms with Crippen LogP contribution in [0.2, 0.25) is 0 Å². The van der Waals surface area contributed by atoms with Gasteiger partial charge in [-0.05, 0) is 61.4 Å². The Kier molecular flexibility index (Phi) is 6.94. The van der Waals surface area contributed by atoms with Crippen molar-refractivity contribution in [1.82, 2.24) is 5.32 Å². The number of benzene rings is 2. The molecule has 0 bridgehead atoms. The predicted molar refractivity (Wildman–Crippen MR) is 117 cm³/mol. The second kappa shape index (κ2) is 9.40. The van der Waals surface area contributed by atoms with Crippen molar-refractivity contribution in [3.8, 4) is 21.9 Å². The molecule has 142 valence electrons. The molecule has 27 heavy (non-hydrogen) atoms. The van der Waals surface area contributed by atoms with Crippen molar-refractivity contribution in [1.29, 1.82) is 0 Å². The summed E-state index contributed by atoms with van der Waals surface area (Å²) in [5.41, 5.74) is 2.42. The average molecular weight is 446 g/mol. The summed E-state index contributed by atoms with van der Waals surface area (Å²) in [4.78, 5) is 2.61. The lowest BCUT2D eigenvalue weighted by Crippen LogP contribution is -2.12. The molecule has 5 heteroatoms. The highest BCUT2D eigenvalue weighted by Crippen LogP contribution is 2.30. The smallest absolute Gasteiger partial charge is 0.161 e. The van der Waals surface area contributed by atoms with Crippen LogP contribution in [0.3, 0.4) is 0 Å². The van der Waals surface area contributed by atoms with Gasteiger partial charge in [0.1, 0.15) is 0 Å². The maximum atomic E-state index is 5.77. The van der Waals surface area contributed by atoms with Crippen molar-refractivity contribution in [2.75, 3.05) is 7.11 Å². The molecule has 0 fully saturated rings. The Hall–Kier alpha value is -1.82. The van der Waals surface area contributed by atoms with Crippen molar-refractivity contribution in [3.05, 3.63) is 69.5 Å². The minimum Gasteiger partial charge on any atom is -0.493 e. The van der Waals surface area contributed by atoms with Gasteiger partial charge >= 0.3 is 0 Å². The fourth-order valence-electron chi connectivity index (χ4n) is 2.75. The number of thiophene rings is 1. The Morgan fingerprint density at radius 2 is 1.74 bits per heavy atom. The molecule has 0 saturated carbocycles. The number of hydrogen-bond acceptors (Lipinski definition) is 4. The first-order valence-electron chi connectivity index (χ1n) is 8.94. The van der Waals surface area contributed by atoms with Gasteiger partial charge in [0, 0.05) is 27.3 Å². The molecule has 3 aromatic rings. The highest BCUT2D eigenvalue weighted by Gasteiger charge is 2.08. The van der Waals surface area contributed by atoms with E-state index in [1.165, 1.54) is 20.9 Å². The lowest BCUT2D eigenvalue weighted by atomic mass is 10.2. The molecule has 0 aliphatic heterocycles. The number of halogens is 1. The topological polar surface area (TPSA) is 30.5 Å². The summed E-state index contributed by atoms with van der Waals surface area (Å²) in [6.45, 7) is 5.65. The monoisotopic (exact) mass is 445 g/mol. The van der Waals surface area contributed by atoms with E-state index < -0.39 is 0 Å². The summed E-state index contributed by atoms with van der Waals surface area (Å²) in [5.74, 6) is 1.56. The average Bonchev–Trinajstić information content (AvgIpc) is 3.12. The molecule has 1 aromatic heterocycles. The number of nitrogens with one attached hydrogen (secondary N) is 1. The third kappa shape index (κ3) is 5.58. The number of rotatable bonds is 8. The summed E-state index contributed by atoms with van der Waals surface area (Å²) >= 11 is 5.30. The first-order chi connectivity index (χ1) is 13.0. The van der Waals surface area contributed by atoms with Crippen molar-refractivity contribution in [3.63, 3.8) is 0 Å². The molecule has 0 aliphatic carbocycles. The molecular formula is C22H24BrNO2S. The highest BCUT2D eigenvalue weighted by molar-refractivity contribution is 9.10. The normalized spacial score (nSPS) is 11.0. The highest BCUT2D eigenvalue weighted by atomic mass is 79.9. The van der Waals surface area contributed by atoms with Crippen LogP contribution in [0.1, 0.15) is 24.3 Å². The van der Waals surface area contributed by atoms with Gasteiger partial charge < -0.3 is 14.8 Å². The largest absolute Gasteiger partial charge is 0.493 e. The fraction of sp³-hybridized carbons (Fsp3) is 0.273. The van der Waals surface area contributed by atoms with Gasteiger partial charge in [0.05, 0.1) is 13.2 Å². The van der Waals surface area contributed by atoms with E-state index in [4.69, 9.17) is 9.47 Å². The third-order valence-corrected chi connectivity index (χ3v) is 5.67. The Balaban J connectivity index is 1.57. The Labute approximate surface area is 173 Å². The molecule has 1 heterocycles. The van der Waals surface area contributed by atoms with Gasteiger partial charge in [-0.3, -0.25) is 0 Å². The lowest BCUT2D eigenvalue weighted by Gasteiger charge is -2.14. The molecule has 3 rings (SSSR count). The number of methoxy groups -OCH3 is 1. The van der Waals surface area contributed by atoms with Crippen LogP contribution >= 0.6 is 27.3 Å². The van der Waals surface area contributed by atoms with E-state index in [-0.39, 0.29) is 6.10 Å². The second-order valence-electron chi connectivity index (χ2n) is 6.53. The molecule has 0 aliphatic rings. The Morgan fingerprint density at radius 3 is 2.44 bits per heavy atom. The van der Waals surface area contributed by atoms with Gasteiger partial charge in [0.2, 0.25) is 0 Å². The van der Waals surface area contributed by atoms with Gasteiger partial charge in [0.15, 0.2) is 11.5 Å². The van der Waals surface area contributed by atoms with Crippen molar-refractivity contribution >= 4 is 27.3 Å². The molecule has 0 radical (unpaired) electrons. The minimum atomic E-state index is 0.127. The zero-order valence-corrected chi connectivity index (χ0v) is 18.2. The van der Waals surface area contributed by atoms with Crippen molar-refractivity contribution in [2.45, 2.75) is 33.0 Å². The molecule has 3 nitrogen and oxygen atoms in total. The fourth-order valence-corrected chi connectivity index (χ4v) is 3.99. The summed E-state index contributed by atoms with van der Waals surface area (Å²) in [6, 6.07) is 18.9. The van der Waals surface area contributed by atoms with Gasteiger partial charge in [-0.2, -0.15) is 0 Å². The molecule has 0 saturated heterocycles. The Morgan fingerprint density at radius 1 is 0.963 bits per heavy atom. The van der Waals surface area contributed by atoms with Gasteiger partial charge in [-0.15, -0.1) is 11.3 Å². The first kappa shape index (κ1) is 19.9. The van der Waals surface area contributed by atoms with E-state index in [1.54, 1.807) is 7.11 Å². The van der Waals surface area contributed by atoms with Crippen molar-refractivity contribution in [2.24, 2.45) is 0 Å². The zero-order valence-electron chi connectivity index (χ0n) is 15.8. The second-order valence-corrected chi connectivity index (χ2v) is 8.61. The van der Waals surface area contributed by atoms with Gasteiger partial charge in [0.25, 0.3) is 0 Å². The van der Waals surface area contributed by atoms with E-state index in [0.29, 0.717) is 0 Å². The van der Waals surface area contributed by atoms with Crippen LogP contribution in [0.25, 0.3) is 10.4 Å². The van der Waals surface area contributed by atoms with E-state index in [2.05, 4.69) is 63.7 Å². The lowest BCUT2D eigenvalue weighted by molar-refractivity contribution is 0.230. The van der Waals surface area contributed by atoms with E-state index in [0.717, 1.165) is 29.1 Å². The summed E-state index contributed by atoms with van der Waals surface area (Å²) in [5, 5.41) is 3.51. The van der Waals surface area contributed by atoms with Crippen LogP contribution in [0, 0.1) is 0 Å². The van der Waals surface area contributed by atoms with Crippen LogP contribution in [-0.2, 0) is 13.1 Å². The van der Waals surface area contributed by atoms with Crippen LogP contribution in [0.4, 0.5) is 0 Å². The molecule has 0 amide bonds. The van der Waals surface area contributed by atoms with E-state index in [1.807, 2.05) is 37.3 Å². The van der Waals surface area contributed by atoms with E-state index in [9.17, 15) is 0 Å². The predicted octanol–water partition coefficient (Wildman–Crippen LogP) is 6.26. The number of hydrogen-bond donors (Lipinski definition) is 1. The van der Waals surface area contributed by atoms with Crippen LogP contribution < -0.4 is 14.8 Å². The minimum absolute atomic E-state index is 0.127. The maximum Gasteiger partial charge on any atom is 0.161 e. The molecule has 0 unspecified atom stereocenters. The summed E-state index contributed by atoms with van der Waals surface area (Å²) in [6.07, 6.45) is 0.127. The standard InChI is InChI=1S/C22H24BrNO2S/c1-15(2)26-20-10-4-16(12-21(20)25-3)13-24-14-19-9-11-22(27-19)17-5-7-18(23)8-6-17/h4-12,15,24H,13-14H2,1-3H3. The number of ether oxygens (including phenoxy) is 2. The molecule has 2 aromatic carbocycles. The van der Waals surface area contributed by atoms with Crippen LogP contribution in [-0.4, -0.2) is 13.2 Å². The zero-order chi connectivity index (χ0) is 19.2. The van der Waals surface area contributed by atoms with Gasteiger partial charge in [-0.1, -0.05) is 34.1 Å². The summed E-state index contributed by atoms with van der Waals surface area (Å²) < 4.78 is 12.3. The molecule has 1 N–H and O–H groups in total. The third-order valence-electron chi connectivity index (χ3n) is 4.01. The molecule has 0 atom stereocenters. The maximum absolute atomic E-state index is 5.77. The van der Waals surface area contributed by atoms with Crippen LogP contribution in [0.15, 0.2) is 59.1 Å².